The molecule has 104 valence electrons. The molecule has 0 aliphatic heterocycles. The number of halogens is 1. The van der Waals surface area contributed by atoms with Crippen molar-refractivity contribution in [1.29, 1.82) is 0 Å². The second kappa shape index (κ2) is 5.48. The van der Waals surface area contributed by atoms with Crippen molar-refractivity contribution in [2.75, 3.05) is 6.54 Å². The Morgan fingerprint density at radius 1 is 1.53 bits per heavy atom. The maximum atomic E-state index is 10.7. The first-order valence-electron chi connectivity index (χ1n) is 6.10. The van der Waals surface area contributed by atoms with Crippen LogP contribution in [0.1, 0.15) is 18.4 Å². The lowest BCUT2D eigenvalue weighted by atomic mass is 10.4. The molecule has 7 nitrogen and oxygen atoms in total. The molecule has 0 spiro atoms. The number of carbonyl (C=O) groups is 1. The second-order valence-electron chi connectivity index (χ2n) is 4.18. The van der Waals surface area contributed by atoms with Crippen LogP contribution < -0.4 is 11.1 Å². The molecule has 2 aromatic heterocycles. The normalized spacial score (nSPS) is 11.1. The van der Waals surface area contributed by atoms with E-state index in [0.717, 1.165) is 29.2 Å². The Kier molecular flexibility index (Phi) is 3.94. The molecule has 2 amide bonds. The first-order chi connectivity index (χ1) is 9.08. The Labute approximate surface area is 115 Å². The maximum Gasteiger partial charge on any atom is 0.312 e. The summed E-state index contributed by atoms with van der Waals surface area (Å²) in [7, 11) is 0. The van der Waals surface area contributed by atoms with Crippen molar-refractivity contribution in [2.45, 2.75) is 32.8 Å². The van der Waals surface area contributed by atoms with Crippen molar-refractivity contribution in [3.05, 3.63) is 11.5 Å². The van der Waals surface area contributed by atoms with E-state index in [1.807, 2.05) is 23.1 Å². The quantitative estimate of drug-likeness (QED) is 0.802. The minimum absolute atomic E-state index is 0.314. The summed E-state index contributed by atoms with van der Waals surface area (Å²) in [6.45, 7) is 5.68. The molecule has 0 aliphatic carbocycles. The molecule has 0 bridgehead atoms. The number of nitrogens with two attached hydrogens (primary N) is 1. The van der Waals surface area contributed by atoms with Gasteiger partial charge in [0, 0.05) is 19.6 Å². The molecule has 0 unspecified atom stereocenters. The Morgan fingerprint density at radius 2 is 2.26 bits per heavy atom. The predicted octanol–water partition coefficient (Wildman–Crippen LogP) is 0.968. The highest BCUT2D eigenvalue weighted by molar-refractivity contribution is 6.16. The smallest absolute Gasteiger partial charge is 0.312 e. The monoisotopic (exact) mass is 284 g/mol. The second-order valence-corrected chi connectivity index (χ2v) is 4.44. The summed E-state index contributed by atoms with van der Waals surface area (Å²) in [5.41, 5.74) is 7.73. The largest absolute Gasteiger partial charge is 0.352 e. The Balaban J connectivity index is 2.40. The van der Waals surface area contributed by atoms with Gasteiger partial charge >= 0.3 is 6.03 Å². The first-order valence-corrected chi connectivity index (χ1v) is 6.63. The van der Waals surface area contributed by atoms with Crippen LogP contribution in [-0.2, 0) is 19.0 Å². The van der Waals surface area contributed by atoms with Crippen LogP contribution in [0, 0.1) is 6.92 Å². The van der Waals surface area contributed by atoms with Crippen molar-refractivity contribution in [2.24, 2.45) is 5.73 Å². The fourth-order valence-electron chi connectivity index (χ4n) is 2.12. The zero-order valence-electron chi connectivity index (χ0n) is 11.0. The third-order valence-electron chi connectivity index (χ3n) is 2.93. The number of aryl methyl sites for hydroxylation is 2. The van der Waals surface area contributed by atoms with Gasteiger partial charge in [-0.15, -0.1) is 11.6 Å². The molecular weight excluding hydrogens is 268 g/mol. The average molecular weight is 285 g/mol. The van der Waals surface area contributed by atoms with Crippen LogP contribution in [0.5, 0.6) is 0 Å². The van der Waals surface area contributed by atoms with Crippen LogP contribution in [0.2, 0.25) is 0 Å². The van der Waals surface area contributed by atoms with Gasteiger partial charge in [-0.1, -0.05) is 0 Å². The number of primary amides is 1. The standard InChI is InChI=1S/C11H17ClN6O/c1-3-18-10-9(7(2)16-18)15-8(6-12)17(10)5-4-14-11(13)19/h3-6H2,1-2H3,(H3,13,14,19). The number of fused-ring (bicyclic) bond motifs is 1. The van der Waals surface area contributed by atoms with E-state index in [9.17, 15) is 4.79 Å². The average Bonchev–Trinajstić information content (AvgIpc) is 2.88. The van der Waals surface area contributed by atoms with Gasteiger partial charge in [0.2, 0.25) is 0 Å². The minimum Gasteiger partial charge on any atom is -0.352 e. The molecule has 2 aromatic rings. The van der Waals surface area contributed by atoms with Crippen LogP contribution in [0.3, 0.4) is 0 Å². The summed E-state index contributed by atoms with van der Waals surface area (Å²) >= 11 is 5.92. The SMILES string of the molecule is CCn1nc(C)c2nc(CCl)n(CCNC(N)=O)c21. The molecule has 0 saturated carbocycles. The number of imidazole rings is 1. The number of amides is 2. The van der Waals surface area contributed by atoms with Crippen LogP contribution in [-0.4, -0.2) is 31.9 Å². The lowest BCUT2D eigenvalue weighted by Gasteiger charge is -2.09. The summed E-state index contributed by atoms with van der Waals surface area (Å²) in [5, 5.41) is 6.99. The van der Waals surface area contributed by atoms with E-state index in [1.165, 1.54) is 0 Å². The minimum atomic E-state index is -0.538. The molecule has 0 atom stereocenters. The van der Waals surface area contributed by atoms with Crippen molar-refractivity contribution in [1.82, 2.24) is 24.6 Å². The highest BCUT2D eigenvalue weighted by Gasteiger charge is 2.17. The van der Waals surface area contributed by atoms with Gasteiger partial charge in [-0.25, -0.2) is 14.5 Å². The summed E-state index contributed by atoms with van der Waals surface area (Å²) in [6, 6.07) is -0.538. The van der Waals surface area contributed by atoms with Crippen LogP contribution in [0.4, 0.5) is 4.79 Å². The molecule has 8 heteroatoms. The zero-order valence-corrected chi connectivity index (χ0v) is 11.7. The lowest BCUT2D eigenvalue weighted by Crippen LogP contribution is -2.32. The predicted molar refractivity (Wildman–Crippen MR) is 73.1 cm³/mol. The summed E-state index contributed by atoms with van der Waals surface area (Å²) in [6.07, 6.45) is 0. The van der Waals surface area contributed by atoms with Crippen LogP contribution >= 0.6 is 11.6 Å². The van der Waals surface area contributed by atoms with Crippen LogP contribution in [0.15, 0.2) is 0 Å². The van der Waals surface area contributed by atoms with Gasteiger partial charge in [-0.05, 0) is 13.8 Å². The third kappa shape index (κ3) is 2.51. The van der Waals surface area contributed by atoms with Gasteiger partial charge in [0.15, 0.2) is 5.65 Å². The summed E-state index contributed by atoms with van der Waals surface area (Å²) in [4.78, 5) is 15.2. The molecule has 3 N–H and O–H groups in total. The maximum absolute atomic E-state index is 10.7. The molecule has 0 aliphatic rings. The number of alkyl halides is 1. The molecule has 0 saturated heterocycles. The number of carbonyl (C=O) groups excluding carboxylic acids is 1. The Bertz CT molecular complexity index is 602. The molecule has 19 heavy (non-hydrogen) atoms. The van der Waals surface area contributed by atoms with E-state index in [-0.39, 0.29) is 0 Å². The first kappa shape index (κ1) is 13.7. The summed E-state index contributed by atoms with van der Waals surface area (Å²) in [5.74, 6) is 1.08. The van der Waals surface area contributed by atoms with Gasteiger partial charge < -0.3 is 15.6 Å². The fourth-order valence-corrected chi connectivity index (χ4v) is 2.32. The number of aromatic nitrogens is 4. The van der Waals surface area contributed by atoms with Crippen molar-refractivity contribution < 1.29 is 4.79 Å². The van der Waals surface area contributed by atoms with Gasteiger partial charge in [0.25, 0.3) is 0 Å². The Morgan fingerprint density at radius 3 is 2.84 bits per heavy atom. The number of nitrogens with one attached hydrogen (secondary N) is 1. The van der Waals surface area contributed by atoms with E-state index >= 15 is 0 Å². The van der Waals surface area contributed by atoms with Gasteiger partial charge in [-0.2, -0.15) is 5.10 Å². The van der Waals surface area contributed by atoms with E-state index in [2.05, 4.69) is 15.4 Å². The van der Waals surface area contributed by atoms with E-state index in [0.29, 0.717) is 19.0 Å². The highest BCUT2D eigenvalue weighted by Crippen LogP contribution is 2.20. The molecule has 2 rings (SSSR count). The lowest BCUT2D eigenvalue weighted by molar-refractivity contribution is 0.248. The number of hydrogen-bond acceptors (Lipinski definition) is 3. The van der Waals surface area contributed by atoms with Gasteiger partial charge in [-0.3, -0.25) is 0 Å². The number of hydrogen-bond donors (Lipinski definition) is 2. The summed E-state index contributed by atoms with van der Waals surface area (Å²) < 4.78 is 3.86. The van der Waals surface area contributed by atoms with Gasteiger partial charge in [0.05, 0.1) is 11.6 Å². The number of rotatable bonds is 5. The van der Waals surface area contributed by atoms with E-state index in [1.54, 1.807) is 0 Å². The number of nitrogens with zero attached hydrogens (tertiary/aromatic N) is 4. The fraction of sp³-hybridized carbons (Fsp3) is 0.545. The van der Waals surface area contributed by atoms with Crippen molar-refractivity contribution in [3.8, 4) is 0 Å². The number of urea groups is 1. The van der Waals surface area contributed by atoms with E-state index < -0.39 is 6.03 Å². The molecule has 0 fully saturated rings. The van der Waals surface area contributed by atoms with Gasteiger partial charge in [0.1, 0.15) is 11.3 Å². The van der Waals surface area contributed by atoms with Crippen molar-refractivity contribution >= 4 is 28.8 Å². The highest BCUT2D eigenvalue weighted by atomic mass is 35.5. The molecule has 2 heterocycles. The third-order valence-corrected chi connectivity index (χ3v) is 3.17. The molecule has 0 radical (unpaired) electrons. The Hall–Kier alpha value is -1.76. The van der Waals surface area contributed by atoms with Crippen molar-refractivity contribution in [3.63, 3.8) is 0 Å². The zero-order chi connectivity index (χ0) is 14.0. The molecular formula is C11H17ClN6O. The topological polar surface area (TPSA) is 90.8 Å². The molecule has 0 aromatic carbocycles. The van der Waals surface area contributed by atoms with E-state index in [4.69, 9.17) is 17.3 Å². The van der Waals surface area contributed by atoms with Crippen LogP contribution in [0.25, 0.3) is 11.2 Å².